The summed E-state index contributed by atoms with van der Waals surface area (Å²) in [7, 11) is 0. The molecule has 20 heavy (non-hydrogen) atoms. The maximum atomic E-state index is 11.9. The van der Waals surface area contributed by atoms with Crippen molar-refractivity contribution >= 4 is 5.91 Å². The molecule has 0 aliphatic carbocycles. The molecule has 0 aromatic heterocycles. The fourth-order valence-electron chi connectivity index (χ4n) is 2.78. The monoisotopic (exact) mass is 276 g/mol. The minimum absolute atomic E-state index is 0.00407. The third-order valence-corrected chi connectivity index (χ3v) is 3.92. The quantitative estimate of drug-likeness (QED) is 0.729. The van der Waals surface area contributed by atoms with E-state index in [1.807, 2.05) is 6.07 Å². The van der Waals surface area contributed by atoms with Crippen molar-refractivity contribution in [3.8, 4) is 0 Å². The van der Waals surface area contributed by atoms with Gasteiger partial charge in [-0.3, -0.25) is 4.79 Å². The average Bonchev–Trinajstić information content (AvgIpc) is 2.52. The number of hydrogen-bond donors (Lipinski definition) is 3. The zero-order chi connectivity index (χ0) is 14.2. The lowest BCUT2D eigenvalue weighted by molar-refractivity contribution is -0.124. The smallest absolute Gasteiger partial charge is 0.237 e. The zero-order valence-corrected chi connectivity index (χ0v) is 11.8. The van der Waals surface area contributed by atoms with Gasteiger partial charge >= 0.3 is 0 Å². The van der Waals surface area contributed by atoms with Gasteiger partial charge in [0.05, 0.1) is 12.6 Å². The lowest BCUT2D eigenvalue weighted by Crippen LogP contribution is -2.49. The van der Waals surface area contributed by atoms with Crippen LogP contribution in [0.2, 0.25) is 0 Å². The van der Waals surface area contributed by atoms with E-state index < -0.39 is 0 Å². The minimum Gasteiger partial charge on any atom is -0.395 e. The molecular formula is C16H24N2O2. The van der Waals surface area contributed by atoms with Gasteiger partial charge in [0.15, 0.2) is 0 Å². The van der Waals surface area contributed by atoms with Crippen LogP contribution in [-0.4, -0.2) is 36.8 Å². The minimum atomic E-state index is -0.101. The van der Waals surface area contributed by atoms with E-state index in [-0.39, 0.29) is 18.6 Å². The van der Waals surface area contributed by atoms with Crippen LogP contribution in [0.3, 0.4) is 0 Å². The summed E-state index contributed by atoms with van der Waals surface area (Å²) in [5, 5.41) is 14.7. The molecule has 2 rings (SSSR count). The van der Waals surface area contributed by atoms with Crippen LogP contribution in [0, 0.1) is 5.92 Å². The molecule has 2 atom stereocenters. The van der Waals surface area contributed by atoms with Crippen molar-refractivity contribution in [1.29, 1.82) is 0 Å². The van der Waals surface area contributed by atoms with Gasteiger partial charge in [-0.25, -0.2) is 0 Å². The molecule has 0 saturated carbocycles. The van der Waals surface area contributed by atoms with E-state index in [2.05, 4.69) is 34.9 Å². The van der Waals surface area contributed by atoms with E-state index in [9.17, 15) is 4.79 Å². The number of carbonyl (C=O) groups is 1. The second-order valence-electron chi connectivity index (χ2n) is 5.44. The fraction of sp³-hybridized carbons (Fsp3) is 0.562. The summed E-state index contributed by atoms with van der Waals surface area (Å²) in [6.07, 6.45) is 4.24. The number of aliphatic hydroxyl groups excluding tert-OH is 1. The van der Waals surface area contributed by atoms with Crippen LogP contribution in [0.25, 0.3) is 0 Å². The molecule has 0 radical (unpaired) electrons. The Balaban J connectivity index is 1.77. The van der Waals surface area contributed by atoms with E-state index in [1.54, 1.807) is 0 Å². The molecule has 0 bridgehead atoms. The van der Waals surface area contributed by atoms with Gasteiger partial charge in [0.25, 0.3) is 0 Å². The predicted molar refractivity (Wildman–Crippen MR) is 79.4 cm³/mol. The SMILES string of the molecule is O=C(NCCO)C1CC(CCc2ccccc2)CCN1. The van der Waals surface area contributed by atoms with Crippen LogP contribution in [0.5, 0.6) is 0 Å². The van der Waals surface area contributed by atoms with Gasteiger partial charge in [0, 0.05) is 6.54 Å². The summed E-state index contributed by atoms with van der Waals surface area (Å²) in [4.78, 5) is 11.9. The molecule has 4 nitrogen and oxygen atoms in total. The Hall–Kier alpha value is -1.39. The second-order valence-corrected chi connectivity index (χ2v) is 5.44. The first kappa shape index (κ1) is 15.0. The molecule has 1 aromatic rings. The van der Waals surface area contributed by atoms with Crippen LogP contribution >= 0.6 is 0 Å². The highest BCUT2D eigenvalue weighted by atomic mass is 16.3. The van der Waals surface area contributed by atoms with E-state index in [4.69, 9.17) is 5.11 Å². The Morgan fingerprint density at radius 2 is 2.15 bits per heavy atom. The van der Waals surface area contributed by atoms with Crippen molar-refractivity contribution in [1.82, 2.24) is 10.6 Å². The molecule has 2 unspecified atom stereocenters. The Bertz CT molecular complexity index is 408. The Morgan fingerprint density at radius 3 is 2.90 bits per heavy atom. The number of aryl methyl sites for hydroxylation is 1. The van der Waals surface area contributed by atoms with Gasteiger partial charge in [-0.1, -0.05) is 30.3 Å². The van der Waals surface area contributed by atoms with Crippen LogP contribution in [0.1, 0.15) is 24.8 Å². The zero-order valence-electron chi connectivity index (χ0n) is 11.8. The Morgan fingerprint density at radius 1 is 1.35 bits per heavy atom. The topological polar surface area (TPSA) is 61.4 Å². The van der Waals surface area contributed by atoms with Crippen molar-refractivity contribution < 1.29 is 9.90 Å². The van der Waals surface area contributed by atoms with Crippen molar-refractivity contribution in [3.05, 3.63) is 35.9 Å². The third kappa shape index (κ3) is 4.62. The lowest BCUT2D eigenvalue weighted by atomic mass is 9.87. The number of aliphatic hydroxyl groups is 1. The molecule has 110 valence electrons. The Labute approximate surface area is 120 Å². The molecule has 4 heteroatoms. The largest absolute Gasteiger partial charge is 0.395 e. The number of benzene rings is 1. The highest BCUT2D eigenvalue weighted by molar-refractivity contribution is 5.81. The number of amides is 1. The van der Waals surface area contributed by atoms with Gasteiger partial charge in [-0.2, -0.15) is 0 Å². The summed E-state index contributed by atoms with van der Waals surface area (Å²) >= 11 is 0. The number of nitrogens with one attached hydrogen (secondary N) is 2. The van der Waals surface area contributed by atoms with Crippen molar-refractivity contribution in [2.75, 3.05) is 19.7 Å². The molecule has 1 aromatic carbocycles. The van der Waals surface area contributed by atoms with Gasteiger partial charge in [-0.05, 0) is 43.7 Å². The first-order chi connectivity index (χ1) is 9.79. The van der Waals surface area contributed by atoms with E-state index in [0.717, 1.165) is 32.2 Å². The molecule has 1 aliphatic rings. The highest BCUT2D eigenvalue weighted by Gasteiger charge is 2.26. The molecule has 0 spiro atoms. The summed E-state index contributed by atoms with van der Waals surface area (Å²) in [6.45, 7) is 1.23. The molecule has 3 N–H and O–H groups in total. The number of rotatable bonds is 6. The third-order valence-electron chi connectivity index (χ3n) is 3.92. The number of piperidine rings is 1. The number of hydrogen-bond acceptors (Lipinski definition) is 3. The van der Waals surface area contributed by atoms with Crippen molar-refractivity contribution in [2.45, 2.75) is 31.7 Å². The summed E-state index contributed by atoms with van der Waals surface area (Å²) < 4.78 is 0. The Kier molecular flexibility index (Phi) is 6.02. The van der Waals surface area contributed by atoms with Gasteiger partial charge in [0.2, 0.25) is 5.91 Å². The first-order valence-corrected chi connectivity index (χ1v) is 7.45. The highest BCUT2D eigenvalue weighted by Crippen LogP contribution is 2.22. The van der Waals surface area contributed by atoms with Gasteiger partial charge in [0.1, 0.15) is 0 Å². The van der Waals surface area contributed by atoms with E-state index in [0.29, 0.717) is 12.5 Å². The van der Waals surface area contributed by atoms with Crippen LogP contribution in [0.15, 0.2) is 30.3 Å². The standard InChI is InChI=1S/C16H24N2O2/c19-11-10-18-16(20)15-12-14(8-9-17-15)7-6-13-4-2-1-3-5-13/h1-5,14-15,17,19H,6-12H2,(H,18,20). The van der Waals surface area contributed by atoms with Crippen molar-refractivity contribution in [3.63, 3.8) is 0 Å². The fourth-order valence-corrected chi connectivity index (χ4v) is 2.78. The van der Waals surface area contributed by atoms with Gasteiger partial charge < -0.3 is 15.7 Å². The predicted octanol–water partition coefficient (Wildman–Crippen LogP) is 1.10. The number of carbonyl (C=O) groups excluding carboxylic acids is 1. The summed E-state index contributed by atoms with van der Waals surface area (Å²) in [5.41, 5.74) is 1.37. The normalized spacial score (nSPS) is 22.4. The van der Waals surface area contributed by atoms with Crippen LogP contribution < -0.4 is 10.6 Å². The molecule has 1 amide bonds. The van der Waals surface area contributed by atoms with E-state index >= 15 is 0 Å². The summed E-state index contributed by atoms with van der Waals surface area (Å²) in [5.74, 6) is 0.616. The molecule has 1 fully saturated rings. The second kappa shape index (κ2) is 8.02. The van der Waals surface area contributed by atoms with Crippen LogP contribution in [0.4, 0.5) is 0 Å². The maximum absolute atomic E-state index is 11.9. The first-order valence-electron chi connectivity index (χ1n) is 7.45. The summed E-state index contributed by atoms with van der Waals surface area (Å²) in [6, 6.07) is 10.4. The van der Waals surface area contributed by atoms with Crippen LogP contribution in [-0.2, 0) is 11.2 Å². The maximum Gasteiger partial charge on any atom is 0.237 e. The lowest BCUT2D eigenvalue weighted by Gasteiger charge is -2.29. The average molecular weight is 276 g/mol. The molecule has 1 aliphatic heterocycles. The molecular weight excluding hydrogens is 252 g/mol. The molecule has 1 saturated heterocycles. The van der Waals surface area contributed by atoms with E-state index in [1.165, 1.54) is 5.56 Å². The van der Waals surface area contributed by atoms with Gasteiger partial charge in [-0.15, -0.1) is 0 Å². The van der Waals surface area contributed by atoms with Crippen molar-refractivity contribution in [2.24, 2.45) is 5.92 Å². The molecule has 1 heterocycles.